The molecule has 0 aliphatic carbocycles. The molecule has 1 atom stereocenters. The van der Waals surface area contributed by atoms with Crippen molar-refractivity contribution in [1.82, 2.24) is 35.3 Å². The number of carbonyl (C=O) groups excluding carboxylic acids is 1. The average Bonchev–Trinajstić information content (AvgIpc) is 3.36. The normalized spacial score (nSPS) is 16.0. The summed E-state index contributed by atoms with van der Waals surface area (Å²) < 4.78 is 6.94. The molecule has 1 aliphatic heterocycles. The molecular formula is C21H22N8O3. The molecule has 11 nitrogen and oxygen atoms in total. The molecule has 3 N–H and O–H groups in total. The van der Waals surface area contributed by atoms with Crippen molar-refractivity contribution in [3.63, 3.8) is 0 Å². The van der Waals surface area contributed by atoms with Crippen LogP contribution in [0.5, 0.6) is 5.75 Å². The minimum atomic E-state index is -1.01. The first kappa shape index (κ1) is 21.2. The molecule has 0 bridgehead atoms. The van der Waals surface area contributed by atoms with Gasteiger partial charge in [0, 0.05) is 18.6 Å². The molecule has 0 saturated carbocycles. The number of hydrogen-bond donors (Lipinski definition) is 3. The van der Waals surface area contributed by atoms with Gasteiger partial charge in [-0.1, -0.05) is 0 Å². The summed E-state index contributed by atoms with van der Waals surface area (Å²) in [5.74, 6) is 0.0432. The lowest BCUT2D eigenvalue weighted by atomic mass is 10.1. The lowest BCUT2D eigenvalue weighted by molar-refractivity contribution is 0.0375. The third kappa shape index (κ3) is 4.22. The van der Waals surface area contributed by atoms with Gasteiger partial charge >= 0.3 is 0 Å². The first-order chi connectivity index (χ1) is 15.3. The first-order valence-corrected chi connectivity index (χ1v) is 9.81. The number of nitrogens with zero attached hydrogens (tertiary/aromatic N) is 6. The summed E-state index contributed by atoms with van der Waals surface area (Å²) in [7, 11) is 1.50. The minimum Gasteiger partial charge on any atom is -0.495 e. The SMILES string of the molecule is COc1ccc(C#N)nc1C1NN(CC(C)(C)O)C=C1NC(=O)c1cnn2cccnc12. The van der Waals surface area contributed by atoms with Gasteiger partial charge in [-0.05, 0) is 32.0 Å². The van der Waals surface area contributed by atoms with E-state index in [1.165, 1.54) is 17.8 Å². The van der Waals surface area contributed by atoms with Gasteiger partial charge in [0.05, 0.1) is 31.1 Å². The van der Waals surface area contributed by atoms with Gasteiger partial charge in [-0.3, -0.25) is 4.79 Å². The summed E-state index contributed by atoms with van der Waals surface area (Å²) in [5.41, 5.74) is 4.02. The fourth-order valence-electron chi connectivity index (χ4n) is 3.43. The quantitative estimate of drug-likeness (QED) is 0.516. The molecule has 4 rings (SSSR count). The lowest BCUT2D eigenvalue weighted by Gasteiger charge is -2.26. The molecule has 32 heavy (non-hydrogen) atoms. The number of carbonyl (C=O) groups is 1. The number of fused-ring (bicyclic) bond motifs is 1. The Labute approximate surface area is 183 Å². The third-order valence-corrected chi connectivity index (χ3v) is 4.73. The number of ether oxygens (including phenoxy) is 1. The van der Waals surface area contributed by atoms with E-state index in [0.717, 1.165) is 0 Å². The molecular weight excluding hydrogens is 412 g/mol. The second-order valence-electron chi connectivity index (χ2n) is 7.88. The number of aliphatic hydroxyl groups is 1. The highest BCUT2D eigenvalue weighted by atomic mass is 16.5. The minimum absolute atomic E-state index is 0.209. The Hall–Kier alpha value is -4.01. The van der Waals surface area contributed by atoms with Gasteiger partial charge < -0.3 is 20.2 Å². The smallest absolute Gasteiger partial charge is 0.261 e. The number of methoxy groups -OCH3 is 1. The van der Waals surface area contributed by atoms with E-state index in [1.54, 1.807) is 55.6 Å². The fraction of sp³-hybridized carbons (Fsp3) is 0.286. The van der Waals surface area contributed by atoms with Crippen LogP contribution in [-0.4, -0.2) is 54.9 Å². The van der Waals surface area contributed by atoms with E-state index in [4.69, 9.17) is 4.74 Å². The summed E-state index contributed by atoms with van der Waals surface area (Å²) in [4.78, 5) is 21.7. The van der Waals surface area contributed by atoms with Crippen molar-refractivity contribution in [2.24, 2.45) is 0 Å². The Morgan fingerprint density at radius 3 is 2.97 bits per heavy atom. The summed E-state index contributed by atoms with van der Waals surface area (Å²) >= 11 is 0. The van der Waals surface area contributed by atoms with Crippen LogP contribution in [0.15, 0.2) is 48.7 Å². The number of amides is 1. The Bertz CT molecular complexity index is 1240. The average molecular weight is 434 g/mol. The van der Waals surface area contributed by atoms with E-state index in [9.17, 15) is 15.2 Å². The van der Waals surface area contributed by atoms with Crippen molar-refractivity contribution in [2.75, 3.05) is 13.7 Å². The number of β-amino-alcohol motifs (C(OH)–C–C–N with tert-alkyl or cyclic N) is 1. The maximum Gasteiger partial charge on any atom is 0.261 e. The number of hydrazine groups is 1. The number of nitriles is 1. The van der Waals surface area contributed by atoms with Crippen molar-refractivity contribution in [3.8, 4) is 11.8 Å². The van der Waals surface area contributed by atoms with Crippen LogP contribution >= 0.6 is 0 Å². The second-order valence-corrected chi connectivity index (χ2v) is 7.88. The maximum atomic E-state index is 13.1. The molecule has 0 fully saturated rings. The van der Waals surface area contributed by atoms with Gasteiger partial charge in [0.15, 0.2) is 5.65 Å². The topological polar surface area (TPSA) is 141 Å². The Morgan fingerprint density at radius 1 is 1.44 bits per heavy atom. The van der Waals surface area contributed by atoms with Crippen LogP contribution in [0.1, 0.15) is 41.6 Å². The zero-order valence-corrected chi connectivity index (χ0v) is 17.8. The number of hydrogen-bond acceptors (Lipinski definition) is 9. The van der Waals surface area contributed by atoms with Gasteiger partial charge in [-0.2, -0.15) is 10.4 Å². The molecule has 3 aromatic rings. The molecule has 0 radical (unpaired) electrons. The van der Waals surface area contributed by atoms with Crippen LogP contribution < -0.4 is 15.5 Å². The van der Waals surface area contributed by atoms with Gasteiger partial charge in [-0.15, -0.1) is 0 Å². The van der Waals surface area contributed by atoms with Crippen LogP contribution in [0.4, 0.5) is 0 Å². The molecule has 0 saturated heterocycles. The molecule has 164 valence electrons. The van der Waals surface area contributed by atoms with Crippen LogP contribution in [0.3, 0.4) is 0 Å². The largest absolute Gasteiger partial charge is 0.495 e. The molecule has 1 amide bonds. The van der Waals surface area contributed by atoms with E-state index in [-0.39, 0.29) is 12.2 Å². The maximum absolute atomic E-state index is 13.1. The predicted molar refractivity (Wildman–Crippen MR) is 113 cm³/mol. The Balaban J connectivity index is 1.70. The monoisotopic (exact) mass is 434 g/mol. The van der Waals surface area contributed by atoms with E-state index in [2.05, 4.69) is 25.8 Å². The number of rotatable bonds is 6. The van der Waals surface area contributed by atoms with Crippen LogP contribution in [0.25, 0.3) is 5.65 Å². The third-order valence-electron chi connectivity index (χ3n) is 4.73. The Morgan fingerprint density at radius 2 is 2.25 bits per heavy atom. The van der Waals surface area contributed by atoms with Crippen LogP contribution in [0, 0.1) is 11.3 Å². The Kier molecular flexibility index (Phi) is 5.48. The van der Waals surface area contributed by atoms with Crippen LogP contribution in [-0.2, 0) is 0 Å². The standard InChI is InChI=1S/C21H22N8O3/c1-21(2,31)12-28-11-15(17(27-28)18-16(32-3)6-5-13(9-22)25-18)26-20(30)14-10-24-29-8-4-7-23-19(14)29/h4-8,10-11,17,27,31H,12H2,1-3H3,(H,26,30). The summed E-state index contributed by atoms with van der Waals surface area (Å²) in [5, 5.41) is 28.3. The molecule has 4 heterocycles. The molecule has 1 unspecified atom stereocenters. The summed E-state index contributed by atoms with van der Waals surface area (Å²) in [6.07, 6.45) is 6.41. The zero-order valence-electron chi connectivity index (χ0n) is 17.8. The summed E-state index contributed by atoms with van der Waals surface area (Å²) in [6, 6.07) is 6.31. The van der Waals surface area contributed by atoms with E-state index in [0.29, 0.717) is 28.4 Å². The highest BCUT2D eigenvalue weighted by molar-refractivity contribution is 6.00. The van der Waals surface area contributed by atoms with Crippen molar-refractivity contribution < 1.29 is 14.6 Å². The number of nitrogens with one attached hydrogen (secondary N) is 2. The van der Waals surface area contributed by atoms with Crippen molar-refractivity contribution in [1.29, 1.82) is 5.26 Å². The molecule has 11 heteroatoms. The van der Waals surface area contributed by atoms with Gasteiger partial charge in [0.1, 0.15) is 34.8 Å². The van der Waals surface area contributed by atoms with E-state index in [1.807, 2.05) is 6.07 Å². The van der Waals surface area contributed by atoms with Gasteiger partial charge in [0.25, 0.3) is 5.91 Å². The highest BCUT2D eigenvalue weighted by Gasteiger charge is 2.33. The van der Waals surface area contributed by atoms with E-state index < -0.39 is 17.6 Å². The van der Waals surface area contributed by atoms with Crippen molar-refractivity contribution >= 4 is 11.6 Å². The molecule has 0 aromatic carbocycles. The van der Waals surface area contributed by atoms with Crippen LogP contribution in [0.2, 0.25) is 0 Å². The second kappa shape index (κ2) is 8.26. The van der Waals surface area contributed by atoms with Crippen molar-refractivity contribution in [3.05, 3.63) is 65.6 Å². The van der Waals surface area contributed by atoms with Gasteiger partial charge in [-0.25, -0.2) is 19.9 Å². The molecule has 0 spiro atoms. The summed E-state index contributed by atoms with van der Waals surface area (Å²) in [6.45, 7) is 3.59. The number of aromatic nitrogens is 4. The highest BCUT2D eigenvalue weighted by Crippen LogP contribution is 2.32. The zero-order chi connectivity index (χ0) is 22.9. The van der Waals surface area contributed by atoms with E-state index >= 15 is 0 Å². The van der Waals surface area contributed by atoms with Gasteiger partial charge in [0.2, 0.25) is 0 Å². The molecule has 1 aliphatic rings. The number of pyridine rings is 1. The lowest BCUT2D eigenvalue weighted by Crippen LogP contribution is -2.42. The first-order valence-electron chi connectivity index (χ1n) is 9.81. The fourth-order valence-corrected chi connectivity index (χ4v) is 3.43. The van der Waals surface area contributed by atoms with Crippen molar-refractivity contribution in [2.45, 2.75) is 25.5 Å². The predicted octanol–water partition coefficient (Wildman–Crippen LogP) is 0.908. The molecule has 3 aromatic heterocycles.